The van der Waals surface area contributed by atoms with Gasteiger partial charge in [0.25, 0.3) is 0 Å². The van der Waals surface area contributed by atoms with E-state index in [1.54, 1.807) is 7.11 Å². The van der Waals surface area contributed by atoms with Crippen LogP contribution in [0.5, 0.6) is 0 Å². The van der Waals surface area contributed by atoms with Crippen LogP contribution in [0.3, 0.4) is 0 Å². The number of benzene rings is 1. The van der Waals surface area contributed by atoms with Gasteiger partial charge >= 0.3 is 0 Å². The predicted octanol–water partition coefficient (Wildman–Crippen LogP) is 4.75. The van der Waals surface area contributed by atoms with E-state index in [1.807, 2.05) is 42.6 Å². The first-order chi connectivity index (χ1) is 16.0. The number of methoxy groups -OCH3 is 1. The van der Waals surface area contributed by atoms with Crippen molar-refractivity contribution in [3.05, 3.63) is 77.1 Å². The molecule has 0 saturated carbocycles. The molecule has 0 amide bonds. The summed E-state index contributed by atoms with van der Waals surface area (Å²) in [5.74, 6) is 0. The lowest BCUT2D eigenvalue weighted by atomic mass is 9.91. The van der Waals surface area contributed by atoms with Crippen LogP contribution in [0, 0.1) is 5.41 Å². The Labute approximate surface area is 195 Å². The molecule has 0 saturated heterocycles. The maximum atomic E-state index is 8.02. The normalized spacial score (nSPS) is 17.1. The smallest absolute Gasteiger partial charge is 0.0900 e. The first-order valence-corrected chi connectivity index (χ1v) is 11.2. The molecule has 1 aromatic carbocycles. The van der Waals surface area contributed by atoms with E-state index in [0.29, 0.717) is 29.6 Å². The third-order valence-corrected chi connectivity index (χ3v) is 6.28. The molecule has 0 aliphatic heterocycles. The molecule has 0 radical (unpaired) electrons. The molecule has 3 N–H and O–H groups in total. The van der Waals surface area contributed by atoms with Crippen molar-refractivity contribution in [3.63, 3.8) is 0 Å². The molecule has 1 unspecified atom stereocenters. The Kier molecular flexibility index (Phi) is 6.96. The second kappa shape index (κ2) is 10.1. The highest BCUT2D eigenvalue weighted by atomic mass is 16.5. The van der Waals surface area contributed by atoms with Gasteiger partial charge in [-0.1, -0.05) is 24.3 Å². The highest BCUT2D eigenvalue weighted by molar-refractivity contribution is 6.17. The quantitative estimate of drug-likeness (QED) is 0.517. The van der Waals surface area contributed by atoms with E-state index >= 15 is 0 Å². The summed E-state index contributed by atoms with van der Waals surface area (Å²) in [7, 11) is 5.95. The molecule has 1 aliphatic rings. The Morgan fingerprint density at radius 1 is 1.21 bits per heavy atom. The van der Waals surface area contributed by atoms with Gasteiger partial charge in [0.15, 0.2) is 0 Å². The number of nitrogens with two attached hydrogens (primary N) is 1. The number of rotatable bonds is 7. The second-order valence-electron chi connectivity index (χ2n) is 8.68. The Hall–Kier alpha value is -3.35. The molecule has 4 rings (SSSR count). The number of ether oxygens (including phenoxy) is 1. The first kappa shape index (κ1) is 22.8. The minimum absolute atomic E-state index is 0.509. The lowest BCUT2D eigenvalue weighted by Crippen LogP contribution is -2.28. The number of hydrogen-bond donors (Lipinski definition) is 2. The van der Waals surface area contributed by atoms with Gasteiger partial charge in [-0.3, -0.25) is 4.98 Å². The molecule has 2 heterocycles. The van der Waals surface area contributed by atoms with Crippen molar-refractivity contribution < 1.29 is 4.74 Å². The van der Waals surface area contributed by atoms with Crippen molar-refractivity contribution in [2.24, 2.45) is 5.73 Å². The molecule has 2 aromatic heterocycles. The van der Waals surface area contributed by atoms with Crippen molar-refractivity contribution in [1.82, 2.24) is 14.9 Å². The summed E-state index contributed by atoms with van der Waals surface area (Å²) in [6.45, 7) is 0.509. The summed E-state index contributed by atoms with van der Waals surface area (Å²) in [6, 6.07) is 14.4. The lowest BCUT2D eigenvalue weighted by Gasteiger charge is -2.27. The van der Waals surface area contributed by atoms with E-state index in [0.717, 1.165) is 47.0 Å². The van der Waals surface area contributed by atoms with E-state index < -0.39 is 0 Å². The van der Waals surface area contributed by atoms with Gasteiger partial charge < -0.3 is 20.8 Å². The number of pyridine rings is 2. The summed E-state index contributed by atoms with van der Waals surface area (Å²) in [5, 5.41) is 8.02. The van der Waals surface area contributed by atoms with Crippen LogP contribution in [0.25, 0.3) is 27.9 Å². The van der Waals surface area contributed by atoms with Crippen molar-refractivity contribution in [3.8, 4) is 0 Å². The molecule has 0 fully saturated rings. The summed E-state index contributed by atoms with van der Waals surface area (Å²) in [5.41, 5.74) is 14.2. The fourth-order valence-corrected chi connectivity index (χ4v) is 4.32. The molecule has 1 aliphatic carbocycles. The van der Waals surface area contributed by atoms with Crippen molar-refractivity contribution in [2.45, 2.75) is 31.9 Å². The van der Waals surface area contributed by atoms with Gasteiger partial charge in [0, 0.05) is 36.8 Å². The van der Waals surface area contributed by atoms with Gasteiger partial charge in [-0.25, -0.2) is 4.98 Å². The molecule has 0 spiro atoms. The summed E-state index contributed by atoms with van der Waals surface area (Å²) < 4.78 is 5.23. The number of nitrogens with zero attached hydrogens (tertiary/aromatic N) is 3. The summed E-state index contributed by atoms with van der Waals surface area (Å²) >= 11 is 0. The van der Waals surface area contributed by atoms with Crippen LogP contribution in [-0.2, 0) is 11.3 Å². The SMILES string of the molecule is COCc1cccc(C(N)=C(C=N)c2ccc3ncc(C4=CCC(N(C)C)CC4)cc3n2)c1. The van der Waals surface area contributed by atoms with Crippen molar-refractivity contribution in [1.29, 1.82) is 5.41 Å². The third kappa shape index (κ3) is 5.02. The topological polar surface area (TPSA) is 88.1 Å². The van der Waals surface area contributed by atoms with Crippen LogP contribution in [-0.4, -0.2) is 48.3 Å². The second-order valence-corrected chi connectivity index (χ2v) is 8.68. The Morgan fingerprint density at radius 2 is 2.06 bits per heavy atom. The Balaban J connectivity index is 1.69. The average molecular weight is 442 g/mol. The minimum atomic E-state index is 0.509. The van der Waals surface area contributed by atoms with Crippen LogP contribution in [0.1, 0.15) is 41.6 Å². The molecule has 6 nitrogen and oxygen atoms in total. The monoisotopic (exact) mass is 441 g/mol. The largest absolute Gasteiger partial charge is 0.398 e. The van der Waals surface area contributed by atoms with Gasteiger partial charge in [0.2, 0.25) is 0 Å². The average Bonchev–Trinajstić information content (AvgIpc) is 2.84. The van der Waals surface area contributed by atoms with Crippen LogP contribution < -0.4 is 5.73 Å². The Bertz CT molecular complexity index is 1230. The van der Waals surface area contributed by atoms with Crippen LogP contribution in [0.4, 0.5) is 0 Å². The number of allylic oxidation sites excluding steroid dienone is 2. The number of aromatic nitrogens is 2. The predicted molar refractivity (Wildman–Crippen MR) is 136 cm³/mol. The zero-order valence-electron chi connectivity index (χ0n) is 19.5. The molecule has 3 aromatic rings. The van der Waals surface area contributed by atoms with E-state index in [2.05, 4.69) is 36.1 Å². The summed E-state index contributed by atoms with van der Waals surface area (Å²) in [6.07, 6.45) is 8.77. The zero-order valence-corrected chi connectivity index (χ0v) is 19.5. The molecular formula is C27H31N5O. The van der Waals surface area contributed by atoms with E-state index in [4.69, 9.17) is 20.9 Å². The Morgan fingerprint density at radius 3 is 2.76 bits per heavy atom. The van der Waals surface area contributed by atoms with E-state index in [1.165, 1.54) is 11.8 Å². The maximum absolute atomic E-state index is 8.02. The van der Waals surface area contributed by atoms with Gasteiger partial charge in [0.05, 0.1) is 23.3 Å². The maximum Gasteiger partial charge on any atom is 0.0900 e. The minimum Gasteiger partial charge on any atom is -0.398 e. The van der Waals surface area contributed by atoms with Gasteiger partial charge in [0.1, 0.15) is 0 Å². The number of nitrogens with one attached hydrogen (secondary N) is 1. The van der Waals surface area contributed by atoms with Gasteiger partial charge in [-0.05, 0) is 79.9 Å². The molecular weight excluding hydrogens is 410 g/mol. The fraction of sp³-hybridized carbons (Fsp3) is 0.296. The van der Waals surface area contributed by atoms with Gasteiger partial charge in [-0.2, -0.15) is 0 Å². The third-order valence-electron chi connectivity index (χ3n) is 6.28. The fourth-order valence-electron chi connectivity index (χ4n) is 4.32. The number of hydrogen-bond acceptors (Lipinski definition) is 6. The molecule has 0 bridgehead atoms. The van der Waals surface area contributed by atoms with Crippen LogP contribution >= 0.6 is 0 Å². The van der Waals surface area contributed by atoms with E-state index in [9.17, 15) is 0 Å². The van der Waals surface area contributed by atoms with Gasteiger partial charge in [-0.15, -0.1) is 0 Å². The molecule has 6 heteroatoms. The highest BCUT2D eigenvalue weighted by Crippen LogP contribution is 2.30. The van der Waals surface area contributed by atoms with Crippen LogP contribution in [0.2, 0.25) is 0 Å². The molecule has 33 heavy (non-hydrogen) atoms. The molecule has 1 atom stereocenters. The highest BCUT2D eigenvalue weighted by Gasteiger charge is 2.18. The molecule has 170 valence electrons. The number of fused-ring (bicyclic) bond motifs is 1. The van der Waals surface area contributed by atoms with Crippen molar-refractivity contribution in [2.75, 3.05) is 21.2 Å². The lowest BCUT2D eigenvalue weighted by molar-refractivity contribution is 0.185. The first-order valence-electron chi connectivity index (χ1n) is 11.2. The van der Waals surface area contributed by atoms with E-state index in [-0.39, 0.29) is 0 Å². The van der Waals surface area contributed by atoms with Crippen molar-refractivity contribution >= 4 is 34.1 Å². The standard InChI is InChI=1S/C27H31N5O/c1-32(2)22-9-7-19(8-10-22)21-14-26-25(30-16-21)12-11-24(31-26)23(15-28)27(29)20-6-4-5-18(13-20)17-33-3/h4-7,11-16,22,28H,8-10,17,29H2,1-3H3. The zero-order chi connectivity index (χ0) is 23.4. The van der Waals surface area contributed by atoms with Crippen LogP contribution in [0.15, 0.2) is 54.7 Å². The summed E-state index contributed by atoms with van der Waals surface area (Å²) in [4.78, 5) is 11.8.